The average molecular weight is 346 g/mol. The number of thioether (sulfide) groups is 1. The maximum Gasteiger partial charge on any atom is 0.230 e. The molecule has 124 valence electrons. The predicted octanol–water partition coefficient (Wildman–Crippen LogP) is 2.62. The normalized spacial score (nSPS) is 10.8. The molecule has 8 heteroatoms. The minimum absolute atomic E-state index is 0.133. The molecule has 0 aliphatic rings. The highest BCUT2D eigenvalue weighted by Crippen LogP contribution is 2.22. The molecular formula is C16H15FN4O2S. The van der Waals surface area contributed by atoms with Gasteiger partial charge >= 0.3 is 0 Å². The minimum atomic E-state index is -0.296. The summed E-state index contributed by atoms with van der Waals surface area (Å²) in [6, 6.07) is 9.59. The van der Waals surface area contributed by atoms with Crippen LogP contribution in [0, 0.1) is 5.82 Å². The summed E-state index contributed by atoms with van der Waals surface area (Å²) in [7, 11) is 1.82. The molecule has 1 N–H and O–H groups in total. The van der Waals surface area contributed by atoms with Gasteiger partial charge in [-0.3, -0.25) is 4.79 Å². The first-order valence-corrected chi connectivity index (χ1v) is 8.19. The van der Waals surface area contributed by atoms with E-state index in [4.69, 9.17) is 4.42 Å². The minimum Gasteiger partial charge on any atom is -0.461 e. The first kappa shape index (κ1) is 16.3. The van der Waals surface area contributed by atoms with Gasteiger partial charge in [-0.15, -0.1) is 10.2 Å². The molecule has 0 spiro atoms. The lowest BCUT2D eigenvalue weighted by atomic mass is 10.2. The van der Waals surface area contributed by atoms with E-state index < -0.39 is 0 Å². The molecule has 0 aliphatic carbocycles. The van der Waals surface area contributed by atoms with Gasteiger partial charge in [0.15, 0.2) is 16.7 Å². The number of hydrogen-bond donors (Lipinski definition) is 1. The Balaban J connectivity index is 1.52. The van der Waals surface area contributed by atoms with E-state index in [2.05, 4.69) is 15.5 Å². The molecule has 1 aromatic carbocycles. The molecule has 6 nitrogen and oxygen atoms in total. The summed E-state index contributed by atoms with van der Waals surface area (Å²) in [5.74, 6) is 1.01. The van der Waals surface area contributed by atoms with Gasteiger partial charge in [0.2, 0.25) is 5.91 Å². The fraction of sp³-hybridized carbons (Fsp3) is 0.188. The van der Waals surface area contributed by atoms with Crippen LogP contribution >= 0.6 is 11.8 Å². The number of nitrogens with one attached hydrogen (secondary N) is 1. The Morgan fingerprint density at radius 1 is 1.29 bits per heavy atom. The van der Waals surface area contributed by atoms with Crippen molar-refractivity contribution in [3.05, 3.63) is 54.0 Å². The van der Waals surface area contributed by atoms with Crippen molar-refractivity contribution in [3.63, 3.8) is 0 Å². The van der Waals surface area contributed by atoms with Crippen molar-refractivity contribution in [1.29, 1.82) is 0 Å². The average Bonchev–Trinajstić information content (AvgIpc) is 3.22. The number of nitrogens with zero attached hydrogens (tertiary/aromatic N) is 3. The second-order valence-corrected chi connectivity index (χ2v) is 5.98. The number of halogens is 1. The van der Waals surface area contributed by atoms with E-state index in [0.29, 0.717) is 23.3 Å². The number of rotatable bonds is 6. The van der Waals surface area contributed by atoms with E-state index in [-0.39, 0.29) is 17.5 Å². The van der Waals surface area contributed by atoms with E-state index in [0.717, 1.165) is 5.56 Å². The Kier molecular flexibility index (Phi) is 4.95. The SMILES string of the molecule is Cn1c(SCC(=O)NCc2ccc(F)cc2)nnc1-c1ccco1. The molecule has 1 amide bonds. The molecule has 0 aliphatic heterocycles. The van der Waals surface area contributed by atoms with Gasteiger partial charge < -0.3 is 14.3 Å². The molecule has 2 aromatic heterocycles. The van der Waals surface area contributed by atoms with Gasteiger partial charge in [0, 0.05) is 13.6 Å². The van der Waals surface area contributed by atoms with E-state index in [1.165, 1.54) is 23.9 Å². The molecule has 0 saturated heterocycles. The van der Waals surface area contributed by atoms with Crippen LogP contribution in [0.2, 0.25) is 0 Å². The molecule has 2 heterocycles. The van der Waals surface area contributed by atoms with Crippen LogP contribution in [0.25, 0.3) is 11.6 Å². The van der Waals surface area contributed by atoms with Crippen LogP contribution < -0.4 is 5.32 Å². The third-order valence-electron chi connectivity index (χ3n) is 3.31. The van der Waals surface area contributed by atoms with Gasteiger partial charge in [-0.2, -0.15) is 0 Å². The Morgan fingerprint density at radius 3 is 2.79 bits per heavy atom. The van der Waals surface area contributed by atoms with Crippen LogP contribution in [0.3, 0.4) is 0 Å². The lowest BCUT2D eigenvalue weighted by Crippen LogP contribution is -2.24. The van der Waals surface area contributed by atoms with Crippen molar-refractivity contribution in [2.24, 2.45) is 7.05 Å². The second kappa shape index (κ2) is 7.31. The first-order chi connectivity index (χ1) is 11.6. The molecule has 0 unspecified atom stereocenters. The predicted molar refractivity (Wildman–Crippen MR) is 87.7 cm³/mol. The first-order valence-electron chi connectivity index (χ1n) is 7.20. The summed E-state index contributed by atoms with van der Waals surface area (Å²) in [4.78, 5) is 11.9. The zero-order valence-electron chi connectivity index (χ0n) is 12.9. The number of hydrogen-bond acceptors (Lipinski definition) is 5. The highest BCUT2D eigenvalue weighted by atomic mass is 32.2. The van der Waals surface area contributed by atoms with E-state index in [1.807, 2.05) is 7.05 Å². The highest BCUT2D eigenvalue weighted by Gasteiger charge is 2.14. The molecule has 3 aromatic rings. The molecule has 24 heavy (non-hydrogen) atoms. The molecule has 0 saturated carbocycles. The number of benzene rings is 1. The Bertz CT molecular complexity index is 815. The molecule has 0 radical (unpaired) electrons. The number of aromatic nitrogens is 3. The standard InChI is InChI=1S/C16H15FN4O2S/c1-21-15(13-3-2-8-23-13)19-20-16(21)24-10-14(22)18-9-11-4-6-12(17)7-5-11/h2-8H,9-10H2,1H3,(H,18,22). The number of amides is 1. The number of carbonyl (C=O) groups is 1. The van der Waals surface area contributed by atoms with Gasteiger partial charge in [-0.25, -0.2) is 4.39 Å². The summed E-state index contributed by atoms with van der Waals surface area (Å²) in [6.07, 6.45) is 1.57. The molecule has 0 bridgehead atoms. The van der Waals surface area contributed by atoms with E-state index in [9.17, 15) is 9.18 Å². The lowest BCUT2D eigenvalue weighted by molar-refractivity contribution is -0.118. The van der Waals surface area contributed by atoms with Crippen LogP contribution in [0.1, 0.15) is 5.56 Å². The van der Waals surface area contributed by atoms with Gasteiger partial charge in [0.05, 0.1) is 12.0 Å². The van der Waals surface area contributed by atoms with Gasteiger partial charge in [0.25, 0.3) is 0 Å². The van der Waals surface area contributed by atoms with Crippen LogP contribution in [0.4, 0.5) is 4.39 Å². The van der Waals surface area contributed by atoms with Crippen LogP contribution in [0.5, 0.6) is 0 Å². The Labute approximate surface area is 142 Å². The summed E-state index contributed by atoms with van der Waals surface area (Å²) in [6.45, 7) is 0.357. The second-order valence-electron chi connectivity index (χ2n) is 5.03. The van der Waals surface area contributed by atoms with Crippen molar-refractivity contribution in [3.8, 4) is 11.6 Å². The monoisotopic (exact) mass is 346 g/mol. The van der Waals surface area contributed by atoms with Crippen molar-refractivity contribution in [2.45, 2.75) is 11.7 Å². The Hall–Kier alpha value is -2.61. The summed E-state index contributed by atoms with van der Waals surface area (Å²) in [5.41, 5.74) is 0.841. The van der Waals surface area contributed by atoms with E-state index >= 15 is 0 Å². The summed E-state index contributed by atoms with van der Waals surface area (Å²) < 4.78 is 19.9. The third-order valence-corrected chi connectivity index (χ3v) is 4.33. The largest absolute Gasteiger partial charge is 0.461 e. The van der Waals surface area contributed by atoms with Crippen LogP contribution in [-0.2, 0) is 18.4 Å². The number of carbonyl (C=O) groups excluding carboxylic acids is 1. The maximum absolute atomic E-state index is 12.8. The summed E-state index contributed by atoms with van der Waals surface area (Å²) >= 11 is 1.29. The van der Waals surface area contributed by atoms with Crippen LogP contribution in [-0.4, -0.2) is 26.4 Å². The van der Waals surface area contributed by atoms with E-state index in [1.54, 1.807) is 35.1 Å². The van der Waals surface area contributed by atoms with Gasteiger partial charge in [0.1, 0.15) is 5.82 Å². The van der Waals surface area contributed by atoms with Crippen molar-refractivity contribution in [1.82, 2.24) is 20.1 Å². The fourth-order valence-corrected chi connectivity index (χ4v) is 2.79. The van der Waals surface area contributed by atoms with Gasteiger partial charge in [-0.05, 0) is 29.8 Å². The lowest BCUT2D eigenvalue weighted by Gasteiger charge is -2.05. The Morgan fingerprint density at radius 2 is 2.08 bits per heavy atom. The quantitative estimate of drug-likeness (QED) is 0.695. The van der Waals surface area contributed by atoms with Gasteiger partial charge in [-0.1, -0.05) is 23.9 Å². The maximum atomic E-state index is 12.8. The van der Waals surface area contributed by atoms with Crippen molar-refractivity contribution < 1.29 is 13.6 Å². The molecule has 0 fully saturated rings. The highest BCUT2D eigenvalue weighted by molar-refractivity contribution is 7.99. The zero-order valence-corrected chi connectivity index (χ0v) is 13.7. The third kappa shape index (κ3) is 3.83. The smallest absolute Gasteiger partial charge is 0.230 e. The number of furan rings is 1. The summed E-state index contributed by atoms with van der Waals surface area (Å²) in [5, 5.41) is 11.5. The molecular weight excluding hydrogens is 331 g/mol. The van der Waals surface area contributed by atoms with Crippen molar-refractivity contribution in [2.75, 3.05) is 5.75 Å². The molecule has 3 rings (SSSR count). The fourth-order valence-electron chi connectivity index (χ4n) is 2.04. The topological polar surface area (TPSA) is 73.0 Å². The van der Waals surface area contributed by atoms with Crippen molar-refractivity contribution >= 4 is 17.7 Å². The zero-order chi connectivity index (χ0) is 16.9. The van der Waals surface area contributed by atoms with Crippen LogP contribution in [0.15, 0.2) is 52.2 Å². The molecule has 0 atom stereocenters.